The van der Waals surface area contributed by atoms with Crippen molar-refractivity contribution in [1.82, 2.24) is 19.5 Å². The summed E-state index contributed by atoms with van der Waals surface area (Å²) in [6, 6.07) is 0.0831. The van der Waals surface area contributed by atoms with Crippen molar-refractivity contribution in [2.75, 3.05) is 12.3 Å². The molecule has 5 N–H and O–H groups in total. The first-order valence-electron chi connectivity index (χ1n) is 6.33. The monoisotopic (exact) mass is 279 g/mol. The number of imidazole rings is 1. The normalized spacial score (nSPS) is 31.3. The summed E-state index contributed by atoms with van der Waals surface area (Å²) in [5.74, 6) is -0.359. The molecule has 0 radical (unpaired) electrons. The van der Waals surface area contributed by atoms with Crippen molar-refractivity contribution in [3.05, 3.63) is 10.4 Å². The molecule has 0 amide bonds. The molecule has 1 saturated carbocycles. The van der Waals surface area contributed by atoms with Gasteiger partial charge in [-0.2, -0.15) is 9.97 Å². The Morgan fingerprint density at radius 2 is 2.30 bits per heavy atom. The highest BCUT2D eigenvalue weighted by molar-refractivity contribution is 5.73. The number of anilines is 1. The van der Waals surface area contributed by atoms with Crippen molar-refractivity contribution >= 4 is 17.1 Å². The highest BCUT2D eigenvalue weighted by atomic mass is 16.5. The van der Waals surface area contributed by atoms with Gasteiger partial charge in [0, 0.05) is 5.92 Å². The Hall–Kier alpha value is -2.13. The quantitative estimate of drug-likeness (QED) is 0.491. The van der Waals surface area contributed by atoms with Gasteiger partial charge in [-0.3, -0.25) is 14.3 Å². The first-order chi connectivity index (χ1) is 9.60. The molecule has 0 unspecified atom stereocenters. The SMILES string of the molecule is Nc1nc2c(nc3n2[C@H]2C[C@H](O)[C@@H](CO)[C@H]2O3)c(=O)[nH]1. The maximum atomic E-state index is 11.8. The largest absolute Gasteiger partial charge is 0.459 e. The van der Waals surface area contributed by atoms with Crippen molar-refractivity contribution in [3.63, 3.8) is 0 Å². The molecule has 0 saturated heterocycles. The summed E-state index contributed by atoms with van der Waals surface area (Å²) in [6.07, 6.45) is -0.591. The molecule has 2 aromatic rings. The minimum absolute atomic E-state index is 0.00547. The van der Waals surface area contributed by atoms with Crippen LogP contribution in [0.5, 0.6) is 6.01 Å². The molecule has 3 heterocycles. The molecule has 106 valence electrons. The number of fused-ring (bicyclic) bond motifs is 5. The van der Waals surface area contributed by atoms with E-state index in [1.54, 1.807) is 4.57 Å². The standard InChI is InChI=1S/C11H13N5O4/c12-10-14-8-6(9(19)15-10)13-11-16(8)4-1-5(18)3(2-17)7(4)20-11/h3-5,7,17-18H,1-2H2,(H3,12,14,15,19)/t3-,4+,5+,7-/m1/s1. The number of aromatic amines is 1. The van der Waals surface area contributed by atoms with Gasteiger partial charge in [0.15, 0.2) is 11.2 Å². The molecule has 4 rings (SSSR count). The fourth-order valence-electron chi connectivity index (χ4n) is 3.19. The van der Waals surface area contributed by atoms with Gasteiger partial charge >= 0.3 is 0 Å². The molecule has 1 fully saturated rings. The van der Waals surface area contributed by atoms with Gasteiger partial charge < -0.3 is 20.7 Å². The molecular weight excluding hydrogens is 266 g/mol. The van der Waals surface area contributed by atoms with Crippen LogP contribution in [0, 0.1) is 5.92 Å². The molecule has 1 aliphatic heterocycles. The lowest BCUT2D eigenvalue weighted by molar-refractivity contribution is 0.0412. The first-order valence-corrected chi connectivity index (χ1v) is 6.33. The number of rotatable bonds is 1. The number of aromatic nitrogens is 4. The minimum atomic E-state index is -0.653. The zero-order valence-corrected chi connectivity index (χ0v) is 10.4. The highest BCUT2D eigenvalue weighted by Crippen LogP contribution is 2.45. The van der Waals surface area contributed by atoms with Crippen LogP contribution in [0.3, 0.4) is 0 Å². The number of nitrogens with two attached hydrogens (primary N) is 1. The Balaban J connectivity index is 1.91. The third kappa shape index (κ3) is 1.30. The molecule has 9 heteroatoms. The van der Waals surface area contributed by atoms with Gasteiger partial charge in [0.05, 0.1) is 18.8 Å². The number of hydrogen-bond acceptors (Lipinski definition) is 7. The summed E-state index contributed by atoms with van der Waals surface area (Å²) in [7, 11) is 0. The molecule has 4 atom stereocenters. The van der Waals surface area contributed by atoms with E-state index in [-0.39, 0.29) is 42.1 Å². The Labute approximate surface area is 112 Å². The summed E-state index contributed by atoms with van der Waals surface area (Å²) in [4.78, 5) is 22.4. The molecule has 0 aromatic carbocycles. The third-order valence-corrected chi connectivity index (χ3v) is 4.10. The average Bonchev–Trinajstić information content (AvgIpc) is 2.97. The summed E-state index contributed by atoms with van der Waals surface area (Å²) in [5.41, 5.74) is 5.64. The van der Waals surface area contributed by atoms with Gasteiger partial charge in [-0.05, 0) is 6.42 Å². The lowest BCUT2D eigenvalue weighted by Crippen LogP contribution is -2.30. The second-order valence-electron chi connectivity index (χ2n) is 5.19. The molecular formula is C11H13N5O4. The topological polar surface area (TPSA) is 139 Å². The molecule has 2 aliphatic rings. The van der Waals surface area contributed by atoms with Gasteiger partial charge in [0.1, 0.15) is 6.10 Å². The van der Waals surface area contributed by atoms with E-state index in [1.165, 1.54) is 0 Å². The molecule has 2 aromatic heterocycles. The van der Waals surface area contributed by atoms with E-state index >= 15 is 0 Å². The lowest BCUT2D eigenvalue weighted by atomic mass is 10.1. The number of hydrogen-bond donors (Lipinski definition) is 4. The summed E-state index contributed by atoms with van der Waals surface area (Å²) < 4.78 is 7.37. The van der Waals surface area contributed by atoms with Crippen molar-refractivity contribution < 1.29 is 14.9 Å². The zero-order valence-electron chi connectivity index (χ0n) is 10.4. The van der Waals surface area contributed by atoms with E-state index in [0.29, 0.717) is 12.1 Å². The molecule has 1 aliphatic carbocycles. The van der Waals surface area contributed by atoms with Gasteiger partial charge in [0.25, 0.3) is 11.6 Å². The van der Waals surface area contributed by atoms with Crippen LogP contribution >= 0.6 is 0 Å². The van der Waals surface area contributed by atoms with Crippen LogP contribution in [0.2, 0.25) is 0 Å². The number of ether oxygens (including phenoxy) is 1. The van der Waals surface area contributed by atoms with Crippen LogP contribution in [0.15, 0.2) is 4.79 Å². The number of aliphatic hydroxyl groups excluding tert-OH is 2. The minimum Gasteiger partial charge on any atom is -0.459 e. The maximum Gasteiger partial charge on any atom is 0.299 e. The Morgan fingerprint density at radius 3 is 3.05 bits per heavy atom. The van der Waals surface area contributed by atoms with Crippen LogP contribution in [-0.4, -0.2) is 48.5 Å². The van der Waals surface area contributed by atoms with E-state index in [0.717, 1.165) is 0 Å². The van der Waals surface area contributed by atoms with Gasteiger partial charge in [-0.15, -0.1) is 0 Å². The second kappa shape index (κ2) is 3.70. The van der Waals surface area contributed by atoms with Gasteiger partial charge in [0.2, 0.25) is 5.95 Å². The Bertz CT molecular complexity index is 753. The number of nitrogens with one attached hydrogen (secondary N) is 1. The van der Waals surface area contributed by atoms with Crippen LogP contribution in [0.4, 0.5) is 5.95 Å². The third-order valence-electron chi connectivity index (χ3n) is 4.10. The Morgan fingerprint density at radius 1 is 1.50 bits per heavy atom. The first kappa shape index (κ1) is 11.7. The number of H-pyrrole nitrogens is 1. The van der Waals surface area contributed by atoms with E-state index in [4.69, 9.17) is 10.5 Å². The number of aliphatic hydroxyl groups is 2. The van der Waals surface area contributed by atoms with E-state index in [9.17, 15) is 15.0 Å². The summed E-state index contributed by atoms with van der Waals surface area (Å²) >= 11 is 0. The number of nitrogen functional groups attached to an aromatic ring is 1. The fraction of sp³-hybridized carbons (Fsp3) is 0.545. The summed E-state index contributed by atoms with van der Waals surface area (Å²) in [6.45, 7) is -0.165. The molecule has 9 nitrogen and oxygen atoms in total. The predicted molar refractivity (Wildman–Crippen MR) is 67.2 cm³/mol. The zero-order chi connectivity index (χ0) is 14.0. The van der Waals surface area contributed by atoms with Crippen molar-refractivity contribution in [2.24, 2.45) is 5.92 Å². The summed E-state index contributed by atoms with van der Waals surface area (Å²) in [5, 5.41) is 19.3. The number of nitrogens with zero attached hydrogens (tertiary/aromatic N) is 3. The molecule has 0 spiro atoms. The van der Waals surface area contributed by atoms with E-state index in [1.807, 2.05) is 0 Å². The van der Waals surface area contributed by atoms with Gasteiger partial charge in [-0.1, -0.05) is 0 Å². The van der Waals surface area contributed by atoms with Crippen LogP contribution < -0.4 is 16.0 Å². The van der Waals surface area contributed by atoms with E-state index < -0.39 is 11.7 Å². The maximum absolute atomic E-state index is 11.8. The average molecular weight is 279 g/mol. The van der Waals surface area contributed by atoms with Crippen molar-refractivity contribution in [1.29, 1.82) is 0 Å². The Kier molecular flexibility index (Phi) is 2.16. The fourth-order valence-corrected chi connectivity index (χ4v) is 3.19. The smallest absolute Gasteiger partial charge is 0.299 e. The molecule has 0 bridgehead atoms. The lowest BCUT2D eigenvalue weighted by Gasteiger charge is -2.17. The second-order valence-corrected chi connectivity index (χ2v) is 5.19. The van der Waals surface area contributed by atoms with Crippen LogP contribution in [0.25, 0.3) is 11.2 Å². The van der Waals surface area contributed by atoms with E-state index in [2.05, 4.69) is 15.0 Å². The molecule has 20 heavy (non-hydrogen) atoms. The van der Waals surface area contributed by atoms with Crippen molar-refractivity contribution in [2.45, 2.75) is 24.7 Å². The van der Waals surface area contributed by atoms with Crippen LogP contribution in [-0.2, 0) is 0 Å². The van der Waals surface area contributed by atoms with Crippen molar-refractivity contribution in [3.8, 4) is 6.01 Å². The predicted octanol–water partition coefficient (Wildman–Crippen LogP) is -1.62. The van der Waals surface area contributed by atoms with Crippen LogP contribution in [0.1, 0.15) is 12.5 Å². The highest BCUT2D eigenvalue weighted by Gasteiger charge is 2.51. The van der Waals surface area contributed by atoms with Gasteiger partial charge in [-0.25, -0.2) is 0 Å².